The zero-order valence-corrected chi connectivity index (χ0v) is 9.68. The van der Waals surface area contributed by atoms with Gasteiger partial charge in [0.05, 0.1) is 0 Å². The maximum Gasteiger partial charge on any atom is 0.0348 e. The first-order valence-corrected chi connectivity index (χ1v) is 6.36. The Kier molecular flexibility index (Phi) is 2.35. The molecule has 0 N–H and O–H groups in total. The van der Waals surface area contributed by atoms with Gasteiger partial charge < -0.3 is 0 Å². The van der Waals surface area contributed by atoms with Crippen LogP contribution in [0.3, 0.4) is 0 Å². The van der Waals surface area contributed by atoms with E-state index in [1.807, 2.05) is 23.1 Å². The van der Waals surface area contributed by atoms with E-state index in [9.17, 15) is 0 Å². The van der Waals surface area contributed by atoms with Crippen LogP contribution in [0.15, 0.2) is 22.4 Å². The first kappa shape index (κ1) is 9.10. The van der Waals surface area contributed by atoms with E-state index in [1.165, 1.54) is 26.1 Å². The van der Waals surface area contributed by atoms with Crippen LogP contribution < -0.4 is 0 Å². The fourth-order valence-electron chi connectivity index (χ4n) is 1.69. The molecule has 13 heavy (non-hydrogen) atoms. The molecule has 0 nitrogen and oxygen atoms in total. The van der Waals surface area contributed by atoms with E-state index in [0.29, 0.717) is 0 Å². The summed E-state index contributed by atoms with van der Waals surface area (Å²) in [5.41, 5.74) is 2.84. The van der Waals surface area contributed by atoms with Crippen LogP contribution in [-0.2, 0) is 0 Å². The second kappa shape index (κ2) is 3.35. The predicted octanol–water partition coefficient (Wildman–Crippen LogP) is 4.24. The maximum absolute atomic E-state index is 2.24. The predicted molar refractivity (Wildman–Crippen MR) is 63.1 cm³/mol. The quantitative estimate of drug-likeness (QED) is 0.632. The number of aryl methyl sites for hydroxylation is 2. The molecule has 0 atom stereocenters. The third-order valence-corrected chi connectivity index (χ3v) is 4.30. The molecule has 0 saturated heterocycles. The van der Waals surface area contributed by atoms with Crippen molar-refractivity contribution in [2.24, 2.45) is 0 Å². The largest absolute Gasteiger partial charge is 0.144 e. The average Bonchev–Trinajstić information content (AvgIpc) is 2.49. The van der Waals surface area contributed by atoms with Gasteiger partial charge in [0.2, 0.25) is 0 Å². The average molecular weight is 208 g/mol. The molecule has 2 aromatic rings. The standard InChI is InChI=1S/C11H12S2/c1-7-6-13-10-5-4-9(12-3)8(2)11(7)10/h4-6H,1-3H3. The number of thioether (sulfide) groups is 1. The van der Waals surface area contributed by atoms with Crippen LogP contribution in [0.25, 0.3) is 10.1 Å². The molecule has 0 unspecified atom stereocenters. The van der Waals surface area contributed by atoms with Crippen molar-refractivity contribution in [1.29, 1.82) is 0 Å². The van der Waals surface area contributed by atoms with E-state index in [1.54, 1.807) is 0 Å². The molecule has 0 bridgehead atoms. The smallest absolute Gasteiger partial charge is 0.0348 e. The summed E-state index contributed by atoms with van der Waals surface area (Å²) in [4.78, 5) is 1.40. The fourth-order valence-corrected chi connectivity index (χ4v) is 3.30. The van der Waals surface area contributed by atoms with Gasteiger partial charge in [0.1, 0.15) is 0 Å². The highest BCUT2D eigenvalue weighted by Gasteiger charge is 2.06. The fraction of sp³-hybridized carbons (Fsp3) is 0.273. The summed E-state index contributed by atoms with van der Waals surface area (Å²) in [6, 6.07) is 4.45. The van der Waals surface area contributed by atoms with Gasteiger partial charge in [-0.3, -0.25) is 0 Å². The van der Waals surface area contributed by atoms with Gasteiger partial charge in [-0.2, -0.15) is 0 Å². The molecule has 68 valence electrons. The number of hydrogen-bond donors (Lipinski definition) is 0. The van der Waals surface area contributed by atoms with Gasteiger partial charge >= 0.3 is 0 Å². The summed E-state index contributed by atoms with van der Waals surface area (Å²) < 4.78 is 1.41. The first-order valence-electron chi connectivity index (χ1n) is 4.25. The number of thiophene rings is 1. The zero-order valence-electron chi connectivity index (χ0n) is 8.05. The molecule has 1 aromatic carbocycles. The van der Waals surface area contributed by atoms with Crippen LogP contribution in [0.4, 0.5) is 0 Å². The highest BCUT2D eigenvalue weighted by Crippen LogP contribution is 2.33. The number of benzene rings is 1. The van der Waals surface area contributed by atoms with Gasteiger partial charge in [-0.15, -0.1) is 23.1 Å². The lowest BCUT2D eigenvalue weighted by Crippen LogP contribution is -1.80. The number of fused-ring (bicyclic) bond motifs is 1. The van der Waals surface area contributed by atoms with Gasteiger partial charge in [-0.1, -0.05) is 0 Å². The summed E-state index contributed by atoms with van der Waals surface area (Å²) in [6.07, 6.45) is 2.13. The lowest BCUT2D eigenvalue weighted by molar-refractivity contribution is 1.34. The van der Waals surface area contributed by atoms with Crippen molar-refractivity contribution in [2.45, 2.75) is 18.7 Å². The van der Waals surface area contributed by atoms with Crippen molar-refractivity contribution in [3.63, 3.8) is 0 Å². The van der Waals surface area contributed by atoms with Gasteiger partial charge in [0.15, 0.2) is 0 Å². The summed E-state index contributed by atoms with van der Waals surface area (Å²) in [6.45, 7) is 4.41. The molecular formula is C11H12S2. The molecule has 0 radical (unpaired) electrons. The minimum absolute atomic E-state index is 1.40. The highest BCUT2D eigenvalue weighted by atomic mass is 32.2. The molecule has 0 amide bonds. The zero-order chi connectivity index (χ0) is 9.42. The Labute approximate surface area is 87.0 Å². The normalized spacial score (nSPS) is 11.0. The Hall–Kier alpha value is -0.470. The van der Waals surface area contributed by atoms with Gasteiger partial charge in [0.25, 0.3) is 0 Å². The van der Waals surface area contributed by atoms with E-state index in [0.717, 1.165) is 0 Å². The molecule has 2 heteroatoms. The second-order valence-electron chi connectivity index (χ2n) is 3.18. The van der Waals surface area contributed by atoms with Crippen LogP contribution in [0, 0.1) is 13.8 Å². The minimum atomic E-state index is 1.40. The summed E-state index contributed by atoms with van der Waals surface area (Å²) in [5, 5.41) is 3.69. The maximum atomic E-state index is 2.24. The lowest BCUT2D eigenvalue weighted by Gasteiger charge is -2.04. The Morgan fingerprint density at radius 1 is 1.23 bits per heavy atom. The minimum Gasteiger partial charge on any atom is -0.144 e. The molecule has 0 fully saturated rings. The Balaban J connectivity index is 2.83. The summed E-state index contributed by atoms with van der Waals surface area (Å²) in [7, 11) is 0. The third kappa shape index (κ3) is 1.38. The third-order valence-electron chi connectivity index (χ3n) is 2.35. The van der Waals surface area contributed by atoms with E-state index in [4.69, 9.17) is 0 Å². The molecule has 0 spiro atoms. The van der Waals surface area contributed by atoms with E-state index in [2.05, 4.69) is 37.6 Å². The van der Waals surface area contributed by atoms with Gasteiger partial charge in [0, 0.05) is 9.60 Å². The van der Waals surface area contributed by atoms with Crippen molar-refractivity contribution < 1.29 is 0 Å². The number of rotatable bonds is 1. The second-order valence-corrected chi connectivity index (χ2v) is 4.94. The number of hydrogen-bond acceptors (Lipinski definition) is 2. The highest BCUT2D eigenvalue weighted by molar-refractivity contribution is 7.98. The molecular weight excluding hydrogens is 196 g/mol. The van der Waals surface area contributed by atoms with Gasteiger partial charge in [-0.05, 0) is 54.1 Å². The van der Waals surface area contributed by atoms with Crippen LogP contribution in [-0.4, -0.2) is 6.26 Å². The molecule has 0 aliphatic rings. The molecule has 2 rings (SSSR count). The van der Waals surface area contributed by atoms with Crippen LogP contribution >= 0.6 is 23.1 Å². The lowest BCUT2D eigenvalue weighted by atomic mass is 10.1. The molecule has 0 aliphatic heterocycles. The summed E-state index contributed by atoms with van der Waals surface area (Å²) >= 11 is 3.67. The molecule has 0 aliphatic carbocycles. The van der Waals surface area contributed by atoms with Crippen molar-refractivity contribution in [3.05, 3.63) is 28.6 Å². The monoisotopic (exact) mass is 208 g/mol. The topological polar surface area (TPSA) is 0 Å². The molecule has 0 saturated carbocycles. The first-order chi connectivity index (χ1) is 6.24. The van der Waals surface area contributed by atoms with Crippen molar-refractivity contribution in [2.75, 3.05) is 6.26 Å². The molecule has 1 heterocycles. The van der Waals surface area contributed by atoms with Crippen LogP contribution in [0.5, 0.6) is 0 Å². The van der Waals surface area contributed by atoms with E-state index >= 15 is 0 Å². The van der Waals surface area contributed by atoms with Crippen molar-refractivity contribution in [3.8, 4) is 0 Å². The van der Waals surface area contributed by atoms with E-state index < -0.39 is 0 Å². The van der Waals surface area contributed by atoms with Crippen LogP contribution in [0.2, 0.25) is 0 Å². The van der Waals surface area contributed by atoms with Gasteiger partial charge in [-0.25, -0.2) is 0 Å². The van der Waals surface area contributed by atoms with Crippen molar-refractivity contribution in [1.82, 2.24) is 0 Å². The van der Waals surface area contributed by atoms with Crippen LogP contribution in [0.1, 0.15) is 11.1 Å². The Morgan fingerprint density at radius 2 is 2.00 bits per heavy atom. The van der Waals surface area contributed by atoms with Crippen molar-refractivity contribution >= 4 is 33.2 Å². The molecule has 1 aromatic heterocycles. The van der Waals surface area contributed by atoms with E-state index in [-0.39, 0.29) is 0 Å². The SMILES string of the molecule is CSc1ccc2scc(C)c2c1C. The summed E-state index contributed by atoms with van der Waals surface area (Å²) in [5.74, 6) is 0. The Bertz CT molecular complexity index is 441. The Morgan fingerprint density at radius 3 is 2.69 bits per heavy atom.